The number of aromatic carboxylic acids is 1. The van der Waals surface area contributed by atoms with Crippen LogP contribution in [0.4, 0.5) is 26.3 Å². The molecule has 3 heterocycles. The third-order valence-electron chi connectivity index (χ3n) is 8.33. The zero-order valence-corrected chi connectivity index (χ0v) is 32.3. The first-order chi connectivity index (χ1) is 25.9. The van der Waals surface area contributed by atoms with Gasteiger partial charge in [-0.1, -0.05) is 35.3 Å². The Hall–Kier alpha value is -5.21. The molecule has 0 aliphatic heterocycles. The number of thiazole rings is 2. The molecule has 0 aliphatic rings. The van der Waals surface area contributed by atoms with Crippen molar-refractivity contribution in [2.45, 2.75) is 39.0 Å². The number of anilines is 4. The summed E-state index contributed by atoms with van der Waals surface area (Å²) >= 11 is 2.78. The molecule has 0 atom stereocenters. The van der Waals surface area contributed by atoms with E-state index in [2.05, 4.69) is 42.6 Å². The molecule has 3 aromatic heterocycles. The highest BCUT2D eigenvalue weighted by atomic mass is 32.1. The third kappa shape index (κ3) is 11.2. The van der Waals surface area contributed by atoms with Crippen molar-refractivity contribution in [3.05, 3.63) is 76.0 Å². The summed E-state index contributed by atoms with van der Waals surface area (Å²) in [7, 11) is 5.57. The summed E-state index contributed by atoms with van der Waals surface area (Å²) in [6.45, 7) is 3.79. The molecule has 0 aliphatic carbocycles. The molecule has 0 spiro atoms. The van der Waals surface area contributed by atoms with Gasteiger partial charge in [-0.05, 0) is 88.0 Å². The largest absolute Gasteiger partial charge is 0.491 e. The zero-order valence-electron chi connectivity index (χ0n) is 30.7. The average Bonchev–Trinajstić information content (AvgIpc) is 3.73. The highest BCUT2D eigenvalue weighted by Gasteiger charge is 2.24. The third-order valence-corrected chi connectivity index (χ3v) is 10.4. The van der Waals surface area contributed by atoms with Crippen molar-refractivity contribution in [1.82, 2.24) is 25.5 Å². The van der Waals surface area contributed by atoms with Gasteiger partial charge in [0.1, 0.15) is 0 Å². The number of hydrogen-bond acceptors (Lipinski definition) is 12. The molecule has 5 aromatic rings. The molecule has 16 heteroatoms. The summed E-state index contributed by atoms with van der Waals surface area (Å²) in [5, 5.41) is 35.7. The number of unbranched alkanes of at least 4 members (excludes halogenated alkanes) is 2. The average molecular weight is 776 g/mol. The second kappa shape index (κ2) is 18.7. The topological polar surface area (TPSA) is 163 Å². The van der Waals surface area contributed by atoms with Crippen molar-refractivity contribution in [2.24, 2.45) is 0 Å². The van der Waals surface area contributed by atoms with Crippen LogP contribution in [0.2, 0.25) is 0 Å². The molecule has 0 amide bonds. The number of carbonyl (C=O) groups is 2. The fourth-order valence-corrected chi connectivity index (χ4v) is 7.62. The van der Waals surface area contributed by atoms with E-state index < -0.39 is 17.8 Å². The monoisotopic (exact) mass is 775 g/mol. The lowest BCUT2D eigenvalue weighted by Gasteiger charge is -2.28. The molecule has 13 nitrogen and oxygen atoms in total. The number of fused-ring (bicyclic) bond motifs is 1. The van der Waals surface area contributed by atoms with Gasteiger partial charge < -0.3 is 35.0 Å². The van der Waals surface area contributed by atoms with Crippen LogP contribution in [0, 0.1) is 24.6 Å². The first-order valence-corrected chi connectivity index (χ1v) is 19.1. The van der Waals surface area contributed by atoms with Crippen molar-refractivity contribution < 1.29 is 33.4 Å². The molecular formula is C38H44FN8O5S2+. The first kappa shape index (κ1) is 40.0. The second-order valence-electron chi connectivity index (χ2n) is 13.3. The van der Waals surface area contributed by atoms with Gasteiger partial charge in [0, 0.05) is 17.0 Å². The summed E-state index contributed by atoms with van der Waals surface area (Å²) in [5.41, 5.74) is 2.19. The van der Waals surface area contributed by atoms with Crippen LogP contribution in [0.25, 0.3) is 10.2 Å². The summed E-state index contributed by atoms with van der Waals surface area (Å²) in [6, 6.07) is 14.3. The van der Waals surface area contributed by atoms with Crippen LogP contribution in [0.1, 0.15) is 52.2 Å². The molecule has 54 heavy (non-hydrogen) atoms. The van der Waals surface area contributed by atoms with E-state index in [0.717, 1.165) is 35.0 Å². The van der Waals surface area contributed by atoms with Gasteiger partial charge in [0.15, 0.2) is 45.7 Å². The van der Waals surface area contributed by atoms with Gasteiger partial charge in [-0.25, -0.2) is 23.9 Å². The number of rotatable bonds is 19. The predicted octanol–water partition coefficient (Wildman–Crippen LogP) is 6.48. The lowest BCUT2D eigenvalue weighted by molar-refractivity contribution is -0.883. The summed E-state index contributed by atoms with van der Waals surface area (Å²) < 4.78 is 21.8. The van der Waals surface area contributed by atoms with Crippen LogP contribution in [0.15, 0.2) is 48.5 Å². The number of hydrogen-bond donors (Lipinski definition) is 4. The highest BCUT2D eigenvalue weighted by molar-refractivity contribution is 7.22. The van der Waals surface area contributed by atoms with Crippen LogP contribution in [-0.4, -0.2) is 101 Å². The van der Waals surface area contributed by atoms with E-state index in [0.29, 0.717) is 69.3 Å². The van der Waals surface area contributed by atoms with E-state index in [1.807, 2.05) is 56.3 Å². The van der Waals surface area contributed by atoms with E-state index in [9.17, 15) is 24.2 Å². The first-order valence-electron chi connectivity index (χ1n) is 17.5. The number of para-hydroxylation sites is 1. The van der Waals surface area contributed by atoms with Gasteiger partial charge in [-0.3, -0.25) is 0 Å². The number of halogens is 1. The van der Waals surface area contributed by atoms with E-state index >= 15 is 0 Å². The minimum absolute atomic E-state index is 0.0386. The van der Waals surface area contributed by atoms with Gasteiger partial charge in [-0.15, -0.1) is 21.5 Å². The quantitative estimate of drug-likeness (QED) is 0.0411. The second-order valence-corrected chi connectivity index (χ2v) is 15.4. The molecule has 0 bridgehead atoms. The molecule has 0 fully saturated rings. The van der Waals surface area contributed by atoms with Crippen molar-refractivity contribution in [1.29, 1.82) is 0 Å². The maximum Gasteiger partial charge on any atom is 0.359 e. The molecule has 0 saturated heterocycles. The number of likely N-dealkylation sites (N-methyl/N-ethyl adjacent to an activating group) is 1. The number of aryl methyl sites for hydroxylation is 2. The van der Waals surface area contributed by atoms with Crippen molar-refractivity contribution in [2.75, 3.05) is 64.1 Å². The highest BCUT2D eigenvalue weighted by Crippen LogP contribution is 2.34. The molecule has 284 valence electrons. The van der Waals surface area contributed by atoms with Crippen molar-refractivity contribution in [3.63, 3.8) is 0 Å². The molecule has 0 unspecified atom stereocenters. The van der Waals surface area contributed by atoms with E-state index in [1.54, 1.807) is 19.2 Å². The maximum absolute atomic E-state index is 14.7. The summed E-state index contributed by atoms with van der Waals surface area (Å²) in [5.74, 6) is 4.44. The fourth-order valence-electron chi connectivity index (χ4n) is 5.63. The van der Waals surface area contributed by atoms with Gasteiger partial charge in [0.05, 0.1) is 44.0 Å². The fraction of sp³-hybridized carbons (Fsp3) is 0.368. The van der Waals surface area contributed by atoms with E-state index in [4.69, 9.17) is 4.74 Å². The predicted molar refractivity (Wildman–Crippen MR) is 210 cm³/mol. The van der Waals surface area contributed by atoms with Crippen LogP contribution in [0.5, 0.6) is 5.75 Å². The number of quaternary nitrogens is 1. The van der Waals surface area contributed by atoms with Crippen LogP contribution in [-0.2, 0) is 11.2 Å². The Kier molecular flexibility index (Phi) is 13.9. The Labute approximate surface area is 321 Å². The zero-order chi connectivity index (χ0) is 38.7. The number of nitrogens with zero attached hydrogens (tertiary/aromatic N) is 6. The number of aromatic nitrogens is 4. The molecular weight excluding hydrogens is 732 g/mol. The van der Waals surface area contributed by atoms with Crippen LogP contribution in [0.3, 0.4) is 0 Å². The Morgan fingerprint density at radius 2 is 1.83 bits per heavy atom. The Morgan fingerprint density at radius 1 is 1.02 bits per heavy atom. The number of benzene rings is 2. The minimum Gasteiger partial charge on any atom is -0.491 e. The number of ether oxygens (including phenoxy) is 1. The number of carboxylic acids is 2. The molecule has 5 rings (SSSR count). The Bertz CT molecular complexity index is 2110. The van der Waals surface area contributed by atoms with Crippen LogP contribution >= 0.6 is 22.7 Å². The van der Waals surface area contributed by atoms with Crippen molar-refractivity contribution in [3.8, 4) is 17.6 Å². The Morgan fingerprint density at radius 3 is 2.56 bits per heavy atom. The van der Waals surface area contributed by atoms with E-state index in [-0.39, 0.29) is 24.6 Å². The SMILES string of the molecule is CNCC#Cc1ccc(OCCCc2sc(N(CCCCC[N+](C)(C)CC(=O)O)c3cc(C)c(Nc4nc5ccccc5s4)nn3)nc2C(=O)O)c(F)c1. The van der Waals surface area contributed by atoms with E-state index in [1.165, 1.54) is 28.7 Å². The smallest absolute Gasteiger partial charge is 0.359 e. The minimum atomic E-state index is -1.15. The number of carboxylic acid groups (broad SMARTS) is 2. The summed E-state index contributed by atoms with van der Waals surface area (Å²) in [6.07, 6.45) is 3.12. The van der Waals surface area contributed by atoms with Crippen LogP contribution < -0.4 is 20.3 Å². The molecule has 2 aromatic carbocycles. The van der Waals surface area contributed by atoms with Gasteiger partial charge >= 0.3 is 11.9 Å². The molecule has 0 saturated carbocycles. The Balaban J connectivity index is 1.31. The number of nitrogens with one attached hydrogen (secondary N) is 2. The van der Waals surface area contributed by atoms with Gasteiger partial charge in [0.25, 0.3) is 0 Å². The number of aliphatic carboxylic acids is 1. The maximum atomic E-state index is 14.7. The normalized spacial score (nSPS) is 11.3. The molecule has 0 radical (unpaired) electrons. The lowest BCUT2D eigenvalue weighted by atomic mass is 10.2. The van der Waals surface area contributed by atoms with Crippen molar-refractivity contribution >= 4 is 66.7 Å². The van der Waals surface area contributed by atoms with Gasteiger partial charge in [-0.2, -0.15) is 0 Å². The lowest BCUT2D eigenvalue weighted by Crippen LogP contribution is -2.44. The summed E-state index contributed by atoms with van der Waals surface area (Å²) in [4.78, 5) is 35.3. The standard InChI is InChI=1S/C38H43FN8O5S2/c1-25-22-32(44-45-35(25)43-37-41-28-13-6-7-14-30(28)53-37)46(19-8-5-9-20-47(3,4)24-33(48)49)38-42-34(36(50)51)31(54-38)15-11-21-52-29-17-16-26(23-27(29)39)12-10-18-40-2/h6-7,13-14,16-17,22-23,40H,5,8-9,11,15,18-21,24H2,1-4H3,(H2-,41,43,45,48,49,50,51)/p+1. The molecule has 4 N–H and O–H groups in total. The van der Waals surface area contributed by atoms with Gasteiger partial charge in [0.2, 0.25) is 0 Å².